The Balaban J connectivity index is 1.19. The molecule has 0 radical (unpaired) electrons. The zero-order chi connectivity index (χ0) is 26.6. The number of rotatable bonds is 15. The summed E-state index contributed by atoms with van der Waals surface area (Å²) in [6.45, 7) is 6.99. The fourth-order valence-corrected chi connectivity index (χ4v) is 5.56. The second-order valence-corrected chi connectivity index (χ2v) is 11.0. The minimum absolute atomic E-state index is 0.254. The Labute approximate surface area is 229 Å². The number of aryl methyl sites for hydroxylation is 2. The highest BCUT2D eigenvalue weighted by atomic mass is 16.5. The van der Waals surface area contributed by atoms with Crippen molar-refractivity contribution in [3.05, 3.63) is 59.9 Å². The van der Waals surface area contributed by atoms with Crippen LogP contribution in [-0.4, -0.2) is 28.6 Å². The topological polar surface area (TPSA) is 56.1 Å². The van der Waals surface area contributed by atoms with Crippen LogP contribution in [0.2, 0.25) is 0 Å². The number of nitrogens with one attached hydrogen (secondary N) is 1. The van der Waals surface area contributed by atoms with Crippen molar-refractivity contribution in [2.75, 3.05) is 13.2 Å². The van der Waals surface area contributed by atoms with E-state index in [1.807, 2.05) is 0 Å². The average molecular weight is 518 g/mol. The minimum atomic E-state index is 0.254. The molecule has 38 heavy (non-hydrogen) atoms. The summed E-state index contributed by atoms with van der Waals surface area (Å²) in [5.74, 6) is 3.26. The molecule has 5 heteroatoms. The van der Waals surface area contributed by atoms with Gasteiger partial charge in [0.1, 0.15) is 11.6 Å². The molecule has 1 aliphatic rings. The van der Waals surface area contributed by atoms with E-state index in [9.17, 15) is 4.79 Å². The molecule has 0 aliphatic heterocycles. The fourth-order valence-electron chi connectivity index (χ4n) is 5.56. The highest BCUT2D eigenvalue weighted by Crippen LogP contribution is 2.24. The molecule has 0 spiro atoms. The Morgan fingerprint density at radius 1 is 1.00 bits per heavy atom. The van der Waals surface area contributed by atoms with Gasteiger partial charge < -0.3 is 14.6 Å². The molecular weight excluding hydrogens is 470 g/mol. The van der Waals surface area contributed by atoms with Gasteiger partial charge in [0.2, 0.25) is 5.91 Å². The zero-order valence-corrected chi connectivity index (χ0v) is 23.6. The fraction of sp³-hybridized carbons (Fsp3) is 0.576. The third-order valence-corrected chi connectivity index (χ3v) is 8.19. The van der Waals surface area contributed by atoms with E-state index in [2.05, 4.69) is 72.3 Å². The maximum absolute atomic E-state index is 12.3. The number of unbranched alkanes of at least 4 members (excludes halogenated alkanes) is 3. The van der Waals surface area contributed by atoms with Crippen molar-refractivity contribution < 1.29 is 9.53 Å². The van der Waals surface area contributed by atoms with Gasteiger partial charge in [0, 0.05) is 25.4 Å². The monoisotopic (exact) mass is 517 g/mol. The first-order chi connectivity index (χ1) is 18.7. The summed E-state index contributed by atoms with van der Waals surface area (Å²) in [4.78, 5) is 17.3. The van der Waals surface area contributed by atoms with Gasteiger partial charge in [0.25, 0.3) is 0 Å². The molecule has 1 amide bonds. The van der Waals surface area contributed by atoms with Crippen LogP contribution in [0.4, 0.5) is 0 Å². The standard InChI is InChI=1S/C33H47N3O2/c1-3-26(2)27-19-21-29(22-20-27)38-25-13-12-24-36-31-17-10-9-16-30(31)35-32(36)18-8-5-11-23-34-33(37)28-14-6-4-7-15-28/h9-10,16-17,19-22,26,28H,3-8,11-15,18,23-25H2,1-2H3,(H,34,37). The molecule has 1 heterocycles. The second-order valence-electron chi connectivity index (χ2n) is 11.0. The summed E-state index contributed by atoms with van der Waals surface area (Å²) in [5.41, 5.74) is 3.69. The van der Waals surface area contributed by atoms with Gasteiger partial charge in [0.05, 0.1) is 17.6 Å². The lowest BCUT2D eigenvalue weighted by molar-refractivity contribution is -0.125. The van der Waals surface area contributed by atoms with Crippen LogP contribution in [0.15, 0.2) is 48.5 Å². The Hall–Kier alpha value is -2.82. The number of aromatic nitrogens is 2. The number of imidazole rings is 1. The maximum Gasteiger partial charge on any atom is 0.223 e. The van der Waals surface area contributed by atoms with Gasteiger partial charge in [-0.3, -0.25) is 4.79 Å². The van der Waals surface area contributed by atoms with Crippen LogP contribution in [0.3, 0.4) is 0 Å². The predicted octanol–water partition coefficient (Wildman–Crippen LogP) is 7.82. The lowest BCUT2D eigenvalue weighted by atomic mass is 9.89. The molecule has 3 aromatic rings. The molecule has 1 fully saturated rings. The van der Waals surface area contributed by atoms with Crippen molar-refractivity contribution in [3.8, 4) is 5.75 Å². The summed E-state index contributed by atoms with van der Waals surface area (Å²) in [5, 5.41) is 3.17. The summed E-state index contributed by atoms with van der Waals surface area (Å²) in [6.07, 6.45) is 13.3. The average Bonchev–Trinajstić information content (AvgIpc) is 3.32. The number of ether oxygens (including phenoxy) is 1. The van der Waals surface area contributed by atoms with E-state index in [0.717, 1.165) is 88.8 Å². The second kappa shape index (κ2) is 14.9. The SMILES string of the molecule is CCC(C)c1ccc(OCCCCn2c(CCCCCNC(=O)C3CCCCC3)nc3ccccc32)cc1. The van der Waals surface area contributed by atoms with E-state index in [0.29, 0.717) is 5.92 Å². The summed E-state index contributed by atoms with van der Waals surface area (Å²) in [6, 6.07) is 17.1. The van der Waals surface area contributed by atoms with Gasteiger partial charge in [-0.15, -0.1) is 0 Å². The Morgan fingerprint density at radius 3 is 2.58 bits per heavy atom. The first kappa shape index (κ1) is 28.2. The molecule has 1 aromatic heterocycles. The quantitative estimate of drug-likeness (QED) is 0.209. The van der Waals surface area contributed by atoms with Gasteiger partial charge in [-0.25, -0.2) is 4.98 Å². The van der Waals surface area contributed by atoms with Crippen LogP contribution in [0, 0.1) is 5.92 Å². The normalized spacial score (nSPS) is 15.0. The van der Waals surface area contributed by atoms with E-state index in [4.69, 9.17) is 9.72 Å². The number of benzene rings is 2. The zero-order valence-electron chi connectivity index (χ0n) is 23.6. The Morgan fingerprint density at radius 2 is 1.79 bits per heavy atom. The number of carbonyl (C=O) groups excluding carboxylic acids is 1. The number of hydrogen-bond acceptors (Lipinski definition) is 3. The summed E-state index contributed by atoms with van der Waals surface area (Å²) in [7, 11) is 0. The lowest BCUT2D eigenvalue weighted by Gasteiger charge is -2.20. The predicted molar refractivity (Wildman–Crippen MR) is 157 cm³/mol. The molecule has 206 valence electrons. The first-order valence-corrected chi connectivity index (χ1v) is 15.1. The van der Waals surface area contributed by atoms with Gasteiger partial charge >= 0.3 is 0 Å². The van der Waals surface area contributed by atoms with Crippen molar-refractivity contribution in [2.24, 2.45) is 5.92 Å². The lowest BCUT2D eigenvalue weighted by Crippen LogP contribution is -2.32. The third-order valence-electron chi connectivity index (χ3n) is 8.19. The molecular formula is C33H47N3O2. The number of fused-ring (bicyclic) bond motifs is 1. The largest absolute Gasteiger partial charge is 0.494 e. The van der Waals surface area contributed by atoms with Crippen molar-refractivity contribution in [1.82, 2.24) is 14.9 Å². The number of amides is 1. The maximum atomic E-state index is 12.3. The highest BCUT2D eigenvalue weighted by Gasteiger charge is 2.20. The van der Waals surface area contributed by atoms with Crippen molar-refractivity contribution >= 4 is 16.9 Å². The van der Waals surface area contributed by atoms with Crippen LogP contribution < -0.4 is 10.1 Å². The van der Waals surface area contributed by atoms with Gasteiger partial charge in [-0.05, 0) is 80.7 Å². The molecule has 1 saturated carbocycles. The van der Waals surface area contributed by atoms with Crippen LogP contribution in [0.1, 0.15) is 102 Å². The Kier molecular flexibility index (Phi) is 11.1. The van der Waals surface area contributed by atoms with Crippen LogP contribution in [0.25, 0.3) is 11.0 Å². The third kappa shape index (κ3) is 8.09. The number of hydrogen-bond donors (Lipinski definition) is 1. The molecule has 5 nitrogen and oxygen atoms in total. The van der Waals surface area contributed by atoms with E-state index in [1.54, 1.807) is 0 Å². The highest BCUT2D eigenvalue weighted by molar-refractivity contribution is 5.78. The molecule has 1 atom stereocenters. The molecule has 0 saturated heterocycles. The van der Waals surface area contributed by atoms with E-state index < -0.39 is 0 Å². The van der Waals surface area contributed by atoms with Gasteiger partial charge in [0.15, 0.2) is 0 Å². The molecule has 1 aliphatic carbocycles. The molecule has 4 rings (SSSR count). The van der Waals surface area contributed by atoms with E-state index in [-0.39, 0.29) is 11.8 Å². The number of nitrogens with zero attached hydrogens (tertiary/aromatic N) is 2. The molecule has 1 N–H and O–H groups in total. The summed E-state index contributed by atoms with van der Waals surface area (Å²) >= 11 is 0. The minimum Gasteiger partial charge on any atom is -0.494 e. The van der Waals surface area contributed by atoms with Crippen LogP contribution in [-0.2, 0) is 17.8 Å². The van der Waals surface area contributed by atoms with Crippen LogP contribution in [0.5, 0.6) is 5.75 Å². The van der Waals surface area contributed by atoms with E-state index in [1.165, 1.54) is 36.2 Å². The van der Waals surface area contributed by atoms with Gasteiger partial charge in [-0.2, -0.15) is 0 Å². The number of carbonyl (C=O) groups is 1. The van der Waals surface area contributed by atoms with Crippen LogP contribution >= 0.6 is 0 Å². The van der Waals surface area contributed by atoms with E-state index >= 15 is 0 Å². The van der Waals surface area contributed by atoms with Crippen molar-refractivity contribution in [3.63, 3.8) is 0 Å². The smallest absolute Gasteiger partial charge is 0.223 e. The Bertz CT molecular complexity index is 1110. The molecule has 1 unspecified atom stereocenters. The molecule has 2 aromatic carbocycles. The van der Waals surface area contributed by atoms with Crippen molar-refractivity contribution in [1.29, 1.82) is 0 Å². The first-order valence-electron chi connectivity index (χ1n) is 15.1. The van der Waals surface area contributed by atoms with Crippen molar-refractivity contribution in [2.45, 2.75) is 103 Å². The molecule has 0 bridgehead atoms. The van der Waals surface area contributed by atoms with Gasteiger partial charge in [-0.1, -0.05) is 63.8 Å². The number of para-hydroxylation sites is 2. The summed E-state index contributed by atoms with van der Waals surface area (Å²) < 4.78 is 8.42.